The average Bonchev–Trinajstić information content (AvgIpc) is 2.15. The number of hydrogen-bond acceptors (Lipinski definition) is 1. The predicted octanol–water partition coefficient (Wildman–Crippen LogP) is 2.58. The van der Waals surface area contributed by atoms with Gasteiger partial charge in [-0.1, -0.05) is 38.1 Å². The van der Waals surface area contributed by atoms with Gasteiger partial charge in [-0.05, 0) is 23.5 Å². The van der Waals surface area contributed by atoms with Gasteiger partial charge in [0.25, 0.3) is 0 Å². The summed E-state index contributed by atoms with van der Waals surface area (Å²) in [4.78, 5) is 13.7. The van der Waals surface area contributed by atoms with Gasteiger partial charge in [0.05, 0.1) is 6.42 Å². The lowest BCUT2D eigenvalue weighted by molar-refractivity contribution is -0.133. The Morgan fingerprint density at radius 2 is 1.88 bits per heavy atom. The summed E-state index contributed by atoms with van der Waals surface area (Å²) in [5.41, 5.74) is 2.46. The largest absolute Gasteiger partial charge is 0.342 e. The molecule has 1 aromatic carbocycles. The zero-order valence-corrected chi connectivity index (χ0v) is 10.1. The number of rotatable bonds is 3. The molecule has 1 aliphatic rings. The Bertz CT molecular complexity index is 363. The number of hydrogen-bond donors (Lipinski definition) is 0. The minimum absolute atomic E-state index is 0.267. The van der Waals surface area contributed by atoms with Gasteiger partial charge >= 0.3 is 0 Å². The monoisotopic (exact) mass is 217 g/mol. The summed E-state index contributed by atoms with van der Waals surface area (Å²) in [6.45, 7) is 6.26. The van der Waals surface area contributed by atoms with Crippen LogP contribution in [0.2, 0.25) is 0 Å². The molecule has 86 valence electrons. The Morgan fingerprint density at radius 1 is 1.25 bits per heavy atom. The molecule has 1 amide bonds. The van der Waals surface area contributed by atoms with E-state index in [1.165, 1.54) is 5.56 Å². The van der Waals surface area contributed by atoms with Gasteiger partial charge in [-0.15, -0.1) is 0 Å². The summed E-state index contributed by atoms with van der Waals surface area (Å²) >= 11 is 0. The molecule has 0 unspecified atom stereocenters. The van der Waals surface area contributed by atoms with Crippen molar-refractivity contribution in [3.63, 3.8) is 0 Å². The van der Waals surface area contributed by atoms with Crippen LogP contribution in [0.15, 0.2) is 24.3 Å². The van der Waals surface area contributed by atoms with E-state index in [2.05, 4.69) is 38.1 Å². The Hall–Kier alpha value is -1.31. The van der Waals surface area contributed by atoms with Crippen LogP contribution in [0.1, 0.15) is 37.3 Å². The Labute approximate surface area is 97.3 Å². The summed E-state index contributed by atoms with van der Waals surface area (Å²) in [5, 5.41) is 0. The van der Waals surface area contributed by atoms with E-state index in [1.807, 2.05) is 4.90 Å². The maximum Gasteiger partial charge on any atom is 0.226 e. The Balaban J connectivity index is 1.96. The summed E-state index contributed by atoms with van der Waals surface area (Å²) in [7, 11) is 0. The van der Waals surface area contributed by atoms with Crippen LogP contribution in [0.3, 0.4) is 0 Å². The molecule has 0 bridgehead atoms. The van der Waals surface area contributed by atoms with E-state index in [0.29, 0.717) is 12.3 Å². The lowest BCUT2D eigenvalue weighted by Gasteiger charge is -2.31. The van der Waals surface area contributed by atoms with E-state index < -0.39 is 0 Å². The first-order valence-electron chi connectivity index (χ1n) is 6.03. The van der Waals surface area contributed by atoms with Crippen LogP contribution in [-0.2, 0) is 11.2 Å². The number of benzene rings is 1. The van der Waals surface area contributed by atoms with E-state index in [0.717, 1.165) is 25.1 Å². The lowest BCUT2D eigenvalue weighted by atomic mass is 10.0. The van der Waals surface area contributed by atoms with Crippen LogP contribution >= 0.6 is 0 Å². The molecule has 1 saturated heterocycles. The highest BCUT2D eigenvalue weighted by molar-refractivity contribution is 5.79. The summed E-state index contributed by atoms with van der Waals surface area (Å²) in [6.07, 6.45) is 1.72. The van der Waals surface area contributed by atoms with Gasteiger partial charge in [-0.3, -0.25) is 4.79 Å². The smallest absolute Gasteiger partial charge is 0.226 e. The molecule has 0 radical (unpaired) electrons. The molecule has 0 aromatic heterocycles. The molecule has 2 rings (SSSR count). The van der Waals surface area contributed by atoms with Crippen LogP contribution in [-0.4, -0.2) is 23.9 Å². The fourth-order valence-electron chi connectivity index (χ4n) is 1.87. The number of likely N-dealkylation sites (tertiary alicyclic amines) is 1. The van der Waals surface area contributed by atoms with Crippen molar-refractivity contribution in [3.8, 4) is 0 Å². The Kier molecular flexibility index (Phi) is 3.28. The van der Waals surface area contributed by atoms with Gasteiger partial charge < -0.3 is 4.90 Å². The van der Waals surface area contributed by atoms with Gasteiger partial charge in [0.1, 0.15) is 0 Å². The van der Waals surface area contributed by atoms with Crippen molar-refractivity contribution in [3.05, 3.63) is 35.4 Å². The standard InChI is InChI=1S/C14H19NO/c1-11(2)13-6-4-12(5-7-13)10-14(16)15-8-3-9-15/h4-7,11H,3,8-10H2,1-2H3. The number of amides is 1. The molecule has 1 aromatic rings. The highest BCUT2D eigenvalue weighted by Gasteiger charge is 2.19. The molecule has 0 N–H and O–H groups in total. The van der Waals surface area contributed by atoms with Crippen LogP contribution in [0, 0.1) is 0 Å². The third kappa shape index (κ3) is 2.43. The van der Waals surface area contributed by atoms with Crippen LogP contribution in [0.5, 0.6) is 0 Å². The Morgan fingerprint density at radius 3 is 2.31 bits per heavy atom. The van der Waals surface area contributed by atoms with Crippen molar-refractivity contribution in [1.29, 1.82) is 0 Å². The lowest BCUT2D eigenvalue weighted by Crippen LogP contribution is -2.42. The van der Waals surface area contributed by atoms with Crippen molar-refractivity contribution < 1.29 is 4.79 Å². The van der Waals surface area contributed by atoms with Crippen LogP contribution < -0.4 is 0 Å². The zero-order valence-electron chi connectivity index (χ0n) is 10.1. The summed E-state index contributed by atoms with van der Waals surface area (Å²) in [5.74, 6) is 0.823. The van der Waals surface area contributed by atoms with Crippen molar-refractivity contribution in [2.24, 2.45) is 0 Å². The number of nitrogens with zero attached hydrogens (tertiary/aromatic N) is 1. The van der Waals surface area contributed by atoms with Crippen molar-refractivity contribution in [2.75, 3.05) is 13.1 Å². The van der Waals surface area contributed by atoms with E-state index in [-0.39, 0.29) is 5.91 Å². The highest BCUT2D eigenvalue weighted by Crippen LogP contribution is 2.16. The SMILES string of the molecule is CC(C)c1ccc(CC(=O)N2CCC2)cc1. The van der Waals surface area contributed by atoms with Crippen LogP contribution in [0.25, 0.3) is 0 Å². The molecule has 2 heteroatoms. The highest BCUT2D eigenvalue weighted by atomic mass is 16.2. The molecule has 0 spiro atoms. The minimum atomic E-state index is 0.267. The fourth-order valence-corrected chi connectivity index (χ4v) is 1.87. The molecule has 1 aliphatic heterocycles. The van der Waals surface area contributed by atoms with Crippen molar-refractivity contribution in [2.45, 2.75) is 32.6 Å². The second-order valence-corrected chi connectivity index (χ2v) is 4.81. The molecule has 0 aliphatic carbocycles. The predicted molar refractivity (Wildman–Crippen MR) is 65.4 cm³/mol. The van der Waals surface area contributed by atoms with Gasteiger partial charge in [0.2, 0.25) is 5.91 Å². The van der Waals surface area contributed by atoms with Gasteiger partial charge in [-0.25, -0.2) is 0 Å². The normalized spacial score (nSPS) is 15.1. The number of carbonyl (C=O) groups is 1. The quantitative estimate of drug-likeness (QED) is 0.762. The van der Waals surface area contributed by atoms with Gasteiger partial charge in [0.15, 0.2) is 0 Å². The van der Waals surface area contributed by atoms with Gasteiger partial charge in [0, 0.05) is 13.1 Å². The van der Waals surface area contributed by atoms with E-state index >= 15 is 0 Å². The van der Waals surface area contributed by atoms with E-state index in [1.54, 1.807) is 0 Å². The fraction of sp³-hybridized carbons (Fsp3) is 0.500. The molecule has 2 nitrogen and oxygen atoms in total. The topological polar surface area (TPSA) is 20.3 Å². The molecule has 1 heterocycles. The maximum atomic E-state index is 11.7. The molecule has 0 atom stereocenters. The molecule has 1 fully saturated rings. The molecular weight excluding hydrogens is 198 g/mol. The van der Waals surface area contributed by atoms with Crippen molar-refractivity contribution >= 4 is 5.91 Å². The molecule has 16 heavy (non-hydrogen) atoms. The molecule has 0 saturated carbocycles. The zero-order chi connectivity index (χ0) is 11.5. The second-order valence-electron chi connectivity index (χ2n) is 4.81. The summed E-state index contributed by atoms with van der Waals surface area (Å²) in [6, 6.07) is 8.41. The minimum Gasteiger partial charge on any atom is -0.342 e. The maximum absolute atomic E-state index is 11.7. The van der Waals surface area contributed by atoms with E-state index in [9.17, 15) is 4.79 Å². The van der Waals surface area contributed by atoms with Crippen molar-refractivity contribution in [1.82, 2.24) is 4.90 Å². The third-order valence-electron chi connectivity index (χ3n) is 3.21. The second kappa shape index (κ2) is 4.69. The first-order valence-corrected chi connectivity index (χ1v) is 6.03. The first-order chi connectivity index (χ1) is 7.66. The molecular formula is C14H19NO. The third-order valence-corrected chi connectivity index (χ3v) is 3.21. The van der Waals surface area contributed by atoms with Gasteiger partial charge in [-0.2, -0.15) is 0 Å². The van der Waals surface area contributed by atoms with Crippen LogP contribution in [0.4, 0.5) is 0 Å². The first kappa shape index (κ1) is 11.2. The average molecular weight is 217 g/mol. The summed E-state index contributed by atoms with van der Waals surface area (Å²) < 4.78 is 0. The van der Waals surface area contributed by atoms with E-state index in [4.69, 9.17) is 0 Å². The number of carbonyl (C=O) groups excluding carboxylic acids is 1.